The molecule has 3 rings (SSSR count). The molecule has 0 unspecified atom stereocenters. The van der Waals surface area contributed by atoms with E-state index in [0.717, 1.165) is 20.2 Å². The van der Waals surface area contributed by atoms with Crippen molar-refractivity contribution < 1.29 is 8.63 Å². The van der Waals surface area contributed by atoms with Crippen molar-refractivity contribution in [1.82, 2.24) is 4.48 Å². The number of hydrogen-bond acceptors (Lipinski definition) is 1. The quantitative estimate of drug-likeness (QED) is 0.774. The van der Waals surface area contributed by atoms with Gasteiger partial charge in [0.1, 0.15) is 0 Å². The van der Waals surface area contributed by atoms with Crippen molar-refractivity contribution in [3.63, 3.8) is 0 Å². The number of aromatic nitrogens is 1. The Kier molecular flexibility index (Phi) is 3.36. The molecule has 1 aliphatic rings. The second-order valence-corrected chi connectivity index (χ2v) is 5.94. The normalized spacial score (nSPS) is 16.1. The third-order valence-electron chi connectivity index (χ3n) is 2.82. The Labute approximate surface area is 115 Å². The molecule has 0 bridgehead atoms. The second kappa shape index (κ2) is 5.15. The maximum atomic E-state index is 13.0. The average molecular weight is 321 g/mol. The molecular formula is C13H9BF2N2Se. The van der Waals surface area contributed by atoms with E-state index in [1.165, 1.54) is 6.20 Å². The van der Waals surface area contributed by atoms with Crippen molar-refractivity contribution in [1.29, 1.82) is 0 Å². The Morgan fingerprint density at radius 3 is 2.79 bits per heavy atom. The van der Waals surface area contributed by atoms with Gasteiger partial charge in [-0.1, -0.05) is 0 Å². The molecule has 1 aliphatic heterocycles. The summed E-state index contributed by atoms with van der Waals surface area (Å²) < 4.78 is 28.2. The Bertz CT molecular complexity index is 655. The summed E-state index contributed by atoms with van der Waals surface area (Å²) in [6, 6.07) is 7.30. The minimum atomic E-state index is -2.54. The van der Waals surface area contributed by atoms with Crippen molar-refractivity contribution in [3.05, 3.63) is 63.4 Å². The van der Waals surface area contributed by atoms with E-state index in [4.69, 9.17) is 0 Å². The van der Waals surface area contributed by atoms with Crippen molar-refractivity contribution in [2.45, 2.75) is 0 Å². The molecule has 0 saturated carbocycles. The molecule has 0 saturated heterocycles. The van der Waals surface area contributed by atoms with Crippen LogP contribution in [0.4, 0.5) is 8.63 Å². The van der Waals surface area contributed by atoms with Crippen LogP contribution in [0.25, 0.3) is 5.57 Å². The van der Waals surface area contributed by atoms with Crippen LogP contribution in [0.15, 0.2) is 58.2 Å². The van der Waals surface area contributed by atoms with E-state index in [0.29, 0.717) is 5.69 Å². The van der Waals surface area contributed by atoms with Crippen LogP contribution in [0.3, 0.4) is 0 Å². The average Bonchev–Trinajstić information content (AvgIpc) is 3.12. The Morgan fingerprint density at radius 1 is 1.26 bits per heavy atom. The van der Waals surface area contributed by atoms with Gasteiger partial charge in [-0.2, -0.15) is 0 Å². The molecule has 0 amide bonds. The third kappa shape index (κ3) is 2.29. The topological polar surface area (TPSA) is 17.3 Å². The van der Waals surface area contributed by atoms with Gasteiger partial charge >= 0.3 is 115 Å². The van der Waals surface area contributed by atoms with Gasteiger partial charge in [-0.3, -0.25) is 0 Å². The van der Waals surface area contributed by atoms with Crippen LogP contribution in [-0.4, -0.2) is 32.6 Å². The first-order chi connectivity index (χ1) is 9.27. The van der Waals surface area contributed by atoms with Gasteiger partial charge in [-0.15, -0.1) is 0 Å². The van der Waals surface area contributed by atoms with Gasteiger partial charge in [0.25, 0.3) is 0 Å². The van der Waals surface area contributed by atoms with Crippen molar-refractivity contribution >= 4 is 33.7 Å². The first-order valence-corrected chi connectivity index (χ1v) is 7.56. The number of rotatable bonds is 3. The molecule has 2 aromatic heterocycles. The molecule has 2 nitrogen and oxygen atoms in total. The SMILES string of the molecule is FB(F)n1cccc1/C(=C1\C=CC=N1)c1ccc[se]1. The molecule has 3 heterocycles. The van der Waals surface area contributed by atoms with Gasteiger partial charge in [0.15, 0.2) is 0 Å². The van der Waals surface area contributed by atoms with Gasteiger partial charge < -0.3 is 0 Å². The first kappa shape index (κ1) is 12.4. The zero-order valence-electron chi connectivity index (χ0n) is 9.83. The molecule has 0 atom stereocenters. The molecule has 0 aliphatic carbocycles. The zero-order valence-corrected chi connectivity index (χ0v) is 11.5. The summed E-state index contributed by atoms with van der Waals surface area (Å²) in [5.74, 6) is 0. The van der Waals surface area contributed by atoms with E-state index in [2.05, 4.69) is 9.93 Å². The standard InChI is InChI=1S/C13H9BF2N2Se/c15-14(16)18-8-2-5-11(18)13(10-4-1-7-17-10)12-6-3-9-19-12/h1-9H/b13-10-. The summed E-state index contributed by atoms with van der Waals surface area (Å²) in [5, 5.41) is 0. The molecule has 94 valence electrons. The van der Waals surface area contributed by atoms with Crippen LogP contribution in [-0.2, 0) is 0 Å². The number of aliphatic imine (C=N–C) groups is 1. The number of allylic oxidation sites excluding steroid dienone is 2. The maximum absolute atomic E-state index is 13.0. The van der Waals surface area contributed by atoms with Crippen LogP contribution in [0.2, 0.25) is 0 Å². The van der Waals surface area contributed by atoms with Crippen LogP contribution in [0, 0.1) is 0 Å². The molecule has 0 spiro atoms. The van der Waals surface area contributed by atoms with Crippen LogP contribution in [0.5, 0.6) is 0 Å². The predicted octanol–water partition coefficient (Wildman–Crippen LogP) is 2.72. The fourth-order valence-electron chi connectivity index (χ4n) is 2.03. The van der Waals surface area contributed by atoms with E-state index < -0.39 is 7.40 Å². The molecule has 0 fully saturated rings. The van der Waals surface area contributed by atoms with E-state index in [9.17, 15) is 8.63 Å². The van der Waals surface area contributed by atoms with Crippen LogP contribution in [0.1, 0.15) is 10.1 Å². The van der Waals surface area contributed by atoms with Gasteiger partial charge in [-0.05, 0) is 0 Å². The number of nitrogens with zero attached hydrogens (tertiary/aromatic N) is 2. The van der Waals surface area contributed by atoms with Gasteiger partial charge in [0.05, 0.1) is 0 Å². The van der Waals surface area contributed by atoms with E-state index in [-0.39, 0.29) is 14.5 Å². The van der Waals surface area contributed by atoms with E-state index >= 15 is 0 Å². The molecule has 0 radical (unpaired) electrons. The van der Waals surface area contributed by atoms with Crippen LogP contribution >= 0.6 is 0 Å². The summed E-state index contributed by atoms with van der Waals surface area (Å²) >= 11 is 0.172. The molecule has 2 aromatic rings. The number of hydrogen-bond donors (Lipinski definition) is 0. The summed E-state index contributed by atoms with van der Waals surface area (Å²) in [7, 11) is -2.54. The van der Waals surface area contributed by atoms with Crippen molar-refractivity contribution in [3.8, 4) is 0 Å². The molecule has 0 aromatic carbocycles. The van der Waals surface area contributed by atoms with Crippen molar-refractivity contribution in [2.24, 2.45) is 4.99 Å². The Hall–Kier alpha value is -1.65. The minimum absolute atomic E-state index is 0.172. The fraction of sp³-hybridized carbons (Fsp3) is 0. The zero-order chi connectivity index (χ0) is 13.2. The summed E-state index contributed by atoms with van der Waals surface area (Å²) in [4.78, 5) is 6.33. The summed E-state index contributed by atoms with van der Waals surface area (Å²) in [6.45, 7) is 0. The Balaban J connectivity index is 2.21. The molecular weight excluding hydrogens is 312 g/mol. The summed E-state index contributed by atoms with van der Waals surface area (Å²) in [5.41, 5.74) is 2.07. The van der Waals surface area contributed by atoms with Crippen LogP contribution < -0.4 is 0 Å². The fourth-order valence-corrected chi connectivity index (χ4v) is 3.68. The Morgan fingerprint density at radius 2 is 2.16 bits per heavy atom. The predicted molar refractivity (Wildman–Crippen MR) is 74.8 cm³/mol. The first-order valence-electron chi connectivity index (χ1n) is 5.71. The van der Waals surface area contributed by atoms with Gasteiger partial charge in [0.2, 0.25) is 0 Å². The monoisotopic (exact) mass is 322 g/mol. The number of halogens is 2. The molecule has 0 N–H and O–H groups in total. The molecule has 6 heteroatoms. The third-order valence-corrected chi connectivity index (χ3v) is 4.68. The van der Waals surface area contributed by atoms with Crippen molar-refractivity contribution in [2.75, 3.05) is 0 Å². The molecule has 19 heavy (non-hydrogen) atoms. The summed E-state index contributed by atoms with van der Waals surface area (Å²) in [6.07, 6.45) is 6.76. The second-order valence-electron chi connectivity index (χ2n) is 3.95. The van der Waals surface area contributed by atoms with E-state index in [1.54, 1.807) is 18.3 Å². The van der Waals surface area contributed by atoms with Gasteiger partial charge in [0, 0.05) is 0 Å². The van der Waals surface area contributed by atoms with E-state index in [1.807, 2.05) is 24.3 Å². The van der Waals surface area contributed by atoms with Gasteiger partial charge in [-0.25, -0.2) is 0 Å².